The molecule has 0 spiro atoms. The number of likely N-dealkylation sites (tertiary alicyclic amines) is 1. The van der Waals surface area contributed by atoms with Crippen LogP contribution in [-0.2, 0) is 19.1 Å². The fourth-order valence-electron chi connectivity index (χ4n) is 2.76. The number of amides is 1. The van der Waals surface area contributed by atoms with E-state index >= 15 is 0 Å². The van der Waals surface area contributed by atoms with Crippen molar-refractivity contribution in [2.24, 2.45) is 11.3 Å². The molecule has 0 saturated carbocycles. The van der Waals surface area contributed by atoms with Crippen molar-refractivity contribution in [1.82, 2.24) is 4.90 Å². The molecule has 1 rings (SSSR count). The van der Waals surface area contributed by atoms with E-state index in [-0.39, 0.29) is 19.1 Å². The van der Waals surface area contributed by atoms with Gasteiger partial charge in [-0.05, 0) is 32.1 Å². The van der Waals surface area contributed by atoms with Crippen LogP contribution in [-0.4, -0.2) is 61.4 Å². The Morgan fingerprint density at radius 3 is 2.55 bits per heavy atom. The molecular weight excluding hydrogens is 286 g/mol. The van der Waals surface area contributed by atoms with E-state index in [1.165, 1.54) is 7.11 Å². The first-order valence-corrected chi connectivity index (χ1v) is 7.95. The topological polar surface area (TPSA) is 76.1 Å². The van der Waals surface area contributed by atoms with Gasteiger partial charge in [-0.3, -0.25) is 9.59 Å². The van der Waals surface area contributed by atoms with Crippen LogP contribution in [0, 0.1) is 11.3 Å². The highest BCUT2D eigenvalue weighted by molar-refractivity contribution is 5.82. The summed E-state index contributed by atoms with van der Waals surface area (Å²) in [5.74, 6) is -0.510. The third kappa shape index (κ3) is 4.95. The van der Waals surface area contributed by atoms with Crippen LogP contribution in [0.4, 0.5) is 0 Å². The molecule has 0 aromatic carbocycles. The molecule has 6 heteroatoms. The van der Waals surface area contributed by atoms with Gasteiger partial charge in [0.05, 0.1) is 6.61 Å². The molecule has 0 aromatic rings. The Balaban J connectivity index is 2.63. The molecule has 2 atom stereocenters. The minimum Gasteiger partial charge on any atom is -0.481 e. The number of methoxy groups -OCH3 is 1. The van der Waals surface area contributed by atoms with Gasteiger partial charge in [0, 0.05) is 26.8 Å². The van der Waals surface area contributed by atoms with Crippen molar-refractivity contribution in [3.05, 3.63) is 0 Å². The molecular formula is C16H29NO5. The first-order chi connectivity index (χ1) is 10.3. The number of hydrogen-bond acceptors (Lipinski definition) is 4. The highest BCUT2D eigenvalue weighted by atomic mass is 16.5. The lowest BCUT2D eigenvalue weighted by Crippen LogP contribution is -2.54. The van der Waals surface area contributed by atoms with Gasteiger partial charge >= 0.3 is 5.97 Å². The van der Waals surface area contributed by atoms with E-state index < -0.39 is 17.5 Å². The van der Waals surface area contributed by atoms with Crippen molar-refractivity contribution in [3.8, 4) is 0 Å². The van der Waals surface area contributed by atoms with Crippen LogP contribution in [0.2, 0.25) is 0 Å². The Bertz CT molecular complexity index is 381. The molecule has 1 N–H and O–H groups in total. The number of carboxylic acids is 1. The predicted molar refractivity (Wildman–Crippen MR) is 82.6 cm³/mol. The van der Waals surface area contributed by atoms with E-state index in [1.807, 2.05) is 0 Å². The molecule has 128 valence electrons. The van der Waals surface area contributed by atoms with Crippen molar-refractivity contribution in [2.75, 3.05) is 33.4 Å². The summed E-state index contributed by atoms with van der Waals surface area (Å²) in [6.45, 7) is 7.37. The molecule has 0 bridgehead atoms. The van der Waals surface area contributed by atoms with Crippen LogP contribution in [0.5, 0.6) is 0 Å². The molecule has 1 aliphatic heterocycles. The summed E-state index contributed by atoms with van der Waals surface area (Å²) in [6, 6.07) is 0. The van der Waals surface area contributed by atoms with Gasteiger partial charge < -0.3 is 19.5 Å². The summed E-state index contributed by atoms with van der Waals surface area (Å²) in [7, 11) is 1.49. The lowest BCUT2D eigenvalue weighted by atomic mass is 9.80. The Kier molecular flexibility index (Phi) is 7.29. The summed E-state index contributed by atoms with van der Waals surface area (Å²) >= 11 is 0. The lowest BCUT2D eigenvalue weighted by Gasteiger charge is -2.40. The van der Waals surface area contributed by atoms with Gasteiger partial charge in [-0.2, -0.15) is 0 Å². The first kappa shape index (κ1) is 18.9. The first-order valence-electron chi connectivity index (χ1n) is 7.95. The quantitative estimate of drug-likeness (QED) is 0.739. The molecule has 1 saturated heterocycles. The highest BCUT2D eigenvalue weighted by Gasteiger charge is 2.44. The summed E-state index contributed by atoms with van der Waals surface area (Å²) in [4.78, 5) is 25.7. The Morgan fingerprint density at radius 2 is 2.00 bits per heavy atom. The van der Waals surface area contributed by atoms with E-state index in [1.54, 1.807) is 11.8 Å². The summed E-state index contributed by atoms with van der Waals surface area (Å²) in [5, 5.41) is 9.51. The standard InChI is InChI=1S/C16H29NO5/c1-12(2)6-9-22-13(3)14(18)17-8-5-7-16(10-17,11-21-4)15(19)20/h12-13H,5-11H2,1-4H3,(H,19,20). The zero-order valence-electron chi connectivity index (χ0n) is 14.1. The van der Waals surface area contributed by atoms with Crippen molar-refractivity contribution in [3.63, 3.8) is 0 Å². The average Bonchev–Trinajstić information content (AvgIpc) is 2.46. The average molecular weight is 315 g/mol. The Labute approximate surface area is 132 Å². The number of hydrogen-bond donors (Lipinski definition) is 1. The maximum absolute atomic E-state index is 12.5. The smallest absolute Gasteiger partial charge is 0.313 e. The fourth-order valence-corrected chi connectivity index (χ4v) is 2.76. The minimum atomic E-state index is -1.000. The van der Waals surface area contributed by atoms with Gasteiger partial charge in [-0.1, -0.05) is 13.8 Å². The third-order valence-electron chi connectivity index (χ3n) is 4.17. The molecule has 1 heterocycles. The molecule has 0 aliphatic carbocycles. The van der Waals surface area contributed by atoms with Crippen LogP contribution in [0.3, 0.4) is 0 Å². The summed E-state index contributed by atoms with van der Waals surface area (Å²) in [5.41, 5.74) is -1.000. The number of carboxylic acid groups (broad SMARTS) is 1. The van der Waals surface area contributed by atoms with Crippen LogP contribution in [0.1, 0.15) is 40.0 Å². The molecule has 0 radical (unpaired) electrons. The van der Waals surface area contributed by atoms with Crippen molar-refractivity contribution in [2.45, 2.75) is 46.1 Å². The summed E-state index contributed by atoms with van der Waals surface area (Å²) in [6.07, 6.45) is 1.56. The van der Waals surface area contributed by atoms with Crippen LogP contribution >= 0.6 is 0 Å². The van der Waals surface area contributed by atoms with Crippen LogP contribution in [0.25, 0.3) is 0 Å². The van der Waals surface area contributed by atoms with E-state index in [0.717, 1.165) is 6.42 Å². The maximum Gasteiger partial charge on any atom is 0.313 e. The number of ether oxygens (including phenoxy) is 2. The molecule has 1 fully saturated rings. The number of carbonyl (C=O) groups excluding carboxylic acids is 1. The molecule has 2 unspecified atom stereocenters. The molecule has 0 aromatic heterocycles. The van der Waals surface area contributed by atoms with Crippen molar-refractivity contribution >= 4 is 11.9 Å². The third-order valence-corrected chi connectivity index (χ3v) is 4.17. The van der Waals surface area contributed by atoms with Crippen LogP contribution in [0.15, 0.2) is 0 Å². The Morgan fingerprint density at radius 1 is 1.32 bits per heavy atom. The largest absolute Gasteiger partial charge is 0.481 e. The molecule has 22 heavy (non-hydrogen) atoms. The second-order valence-corrected chi connectivity index (χ2v) is 6.58. The maximum atomic E-state index is 12.5. The normalized spacial score (nSPS) is 23.6. The van der Waals surface area contributed by atoms with Gasteiger partial charge in [-0.15, -0.1) is 0 Å². The van der Waals surface area contributed by atoms with Gasteiger partial charge in [0.1, 0.15) is 11.5 Å². The zero-order chi connectivity index (χ0) is 16.8. The van der Waals surface area contributed by atoms with Gasteiger partial charge in [0.2, 0.25) is 0 Å². The van der Waals surface area contributed by atoms with Gasteiger partial charge in [0.25, 0.3) is 5.91 Å². The SMILES string of the molecule is COCC1(C(=O)O)CCCN(C(=O)C(C)OCCC(C)C)C1. The van der Waals surface area contributed by atoms with Gasteiger partial charge in [-0.25, -0.2) is 0 Å². The highest BCUT2D eigenvalue weighted by Crippen LogP contribution is 2.31. The lowest BCUT2D eigenvalue weighted by molar-refractivity contribution is -0.161. The number of nitrogens with zero attached hydrogens (tertiary/aromatic N) is 1. The van der Waals surface area contributed by atoms with Crippen LogP contribution < -0.4 is 0 Å². The Hall–Kier alpha value is -1.14. The van der Waals surface area contributed by atoms with E-state index in [9.17, 15) is 14.7 Å². The second kappa shape index (κ2) is 8.48. The van der Waals surface area contributed by atoms with Crippen molar-refractivity contribution < 1.29 is 24.2 Å². The minimum absolute atomic E-state index is 0.120. The molecule has 1 aliphatic rings. The summed E-state index contributed by atoms with van der Waals surface area (Å²) < 4.78 is 10.7. The van der Waals surface area contributed by atoms with Gasteiger partial charge in [0.15, 0.2) is 0 Å². The predicted octanol–water partition coefficient (Wildman–Crippen LogP) is 1.78. The monoisotopic (exact) mass is 315 g/mol. The van der Waals surface area contributed by atoms with Crippen molar-refractivity contribution in [1.29, 1.82) is 0 Å². The zero-order valence-corrected chi connectivity index (χ0v) is 14.1. The number of piperidine rings is 1. The number of rotatable bonds is 8. The number of carbonyl (C=O) groups is 2. The molecule has 1 amide bonds. The number of aliphatic carboxylic acids is 1. The molecule has 6 nitrogen and oxygen atoms in total. The van der Waals surface area contributed by atoms with E-state index in [4.69, 9.17) is 9.47 Å². The fraction of sp³-hybridized carbons (Fsp3) is 0.875. The van der Waals surface area contributed by atoms with E-state index in [2.05, 4.69) is 13.8 Å². The van der Waals surface area contributed by atoms with E-state index in [0.29, 0.717) is 31.9 Å². The second-order valence-electron chi connectivity index (χ2n) is 6.58.